The Morgan fingerprint density at radius 1 is 1.38 bits per heavy atom. The van der Waals surface area contributed by atoms with Crippen molar-refractivity contribution in [3.63, 3.8) is 0 Å². The van der Waals surface area contributed by atoms with Gasteiger partial charge in [0.25, 0.3) is 9.05 Å². The van der Waals surface area contributed by atoms with Crippen LogP contribution >= 0.6 is 22.3 Å². The fourth-order valence-electron chi connectivity index (χ4n) is 1.87. The van der Waals surface area contributed by atoms with Crippen molar-refractivity contribution in [2.45, 2.75) is 18.2 Å². The molecular formula is C10H8Cl2O3S. The van der Waals surface area contributed by atoms with E-state index in [0.29, 0.717) is 12.0 Å². The molecule has 0 bridgehead atoms. The highest BCUT2D eigenvalue weighted by Crippen LogP contribution is 2.34. The summed E-state index contributed by atoms with van der Waals surface area (Å²) in [5, 5.41) is 0.0654. The number of Topliss-reactive ketones (excluding diaryl/α,β-unsaturated/α-hetero) is 1. The van der Waals surface area contributed by atoms with Crippen LogP contribution in [0.2, 0.25) is 5.02 Å². The Hall–Kier alpha value is -0.580. The van der Waals surface area contributed by atoms with E-state index < -0.39 is 9.05 Å². The van der Waals surface area contributed by atoms with Crippen molar-refractivity contribution in [2.75, 3.05) is 0 Å². The predicted octanol–water partition coefficient (Wildman–Crippen LogP) is 2.64. The highest BCUT2D eigenvalue weighted by molar-refractivity contribution is 8.13. The van der Waals surface area contributed by atoms with E-state index in [1.807, 2.05) is 0 Å². The number of carbonyl (C=O) groups excluding carboxylic acids is 1. The van der Waals surface area contributed by atoms with Gasteiger partial charge in [0, 0.05) is 22.2 Å². The molecule has 1 aromatic carbocycles. The summed E-state index contributed by atoms with van der Waals surface area (Å²) in [4.78, 5) is 11.5. The number of hydrogen-bond acceptors (Lipinski definition) is 3. The summed E-state index contributed by atoms with van der Waals surface area (Å²) in [6, 6.07) is 2.78. The summed E-state index contributed by atoms with van der Waals surface area (Å²) in [6.45, 7) is 1.80. The largest absolute Gasteiger partial charge is 0.294 e. The SMILES string of the molecule is CC1Cc2cc(Cl)c(S(=O)(=O)Cl)cc2C1=O. The number of carbonyl (C=O) groups is 1. The van der Waals surface area contributed by atoms with E-state index in [0.717, 1.165) is 5.56 Å². The van der Waals surface area contributed by atoms with Crippen molar-refractivity contribution < 1.29 is 13.2 Å². The molecule has 6 heteroatoms. The van der Waals surface area contributed by atoms with Crippen molar-refractivity contribution in [2.24, 2.45) is 5.92 Å². The molecular weight excluding hydrogens is 271 g/mol. The molecule has 0 N–H and O–H groups in total. The minimum absolute atomic E-state index is 0.0618. The normalized spacial score (nSPS) is 19.9. The van der Waals surface area contributed by atoms with Crippen LogP contribution in [0.3, 0.4) is 0 Å². The Morgan fingerprint density at radius 2 is 2.00 bits per heavy atom. The first-order valence-corrected chi connectivity index (χ1v) is 7.30. The molecule has 0 radical (unpaired) electrons. The maximum atomic E-state index is 11.7. The molecule has 1 aliphatic rings. The Balaban J connectivity index is 2.68. The van der Waals surface area contributed by atoms with E-state index in [1.165, 1.54) is 12.1 Å². The van der Waals surface area contributed by atoms with Gasteiger partial charge in [-0.3, -0.25) is 4.79 Å². The first-order valence-electron chi connectivity index (χ1n) is 4.62. The minimum Gasteiger partial charge on any atom is -0.294 e. The molecule has 16 heavy (non-hydrogen) atoms. The Morgan fingerprint density at radius 3 is 2.56 bits per heavy atom. The smallest absolute Gasteiger partial charge is 0.262 e. The molecule has 0 saturated heterocycles. The van der Waals surface area contributed by atoms with Gasteiger partial charge in [0.05, 0.1) is 5.02 Å². The Bertz CT molecular complexity index is 578. The lowest BCUT2D eigenvalue weighted by Gasteiger charge is -2.03. The quantitative estimate of drug-likeness (QED) is 0.742. The number of fused-ring (bicyclic) bond motifs is 1. The average Bonchev–Trinajstić information content (AvgIpc) is 2.39. The van der Waals surface area contributed by atoms with Crippen LogP contribution in [0, 0.1) is 5.92 Å². The van der Waals surface area contributed by atoms with Crippen LogP contribution in [0.4, 0.5) is 0 Å². The van der Waals surface area contributed by atoms with Crippen molar-refractivity contribution in [3.8, 4) is 0 Å². The second kappa shape index (κ2) is 3.72. The van der Waals surface area contributed by atoms with E-state index in [2.05, 4.69) is 0 Å². The molecule has 0 spiro atoms. The molecule has 0 saturated carbocycles. The molecule has 86 valence electrons. The van der Waals surface area contributed by atoms with Crippen LogP contribution in [0.15, 0.2) is 17.0 Å². The molecule has 1 atom stereocenters. The number of halogens is 2. The number of rotatable bonds is 1. The number of hydrogen-bond donors (Lipinski definition) is 0. The van der Waals surface area contributed by atoms with Gasteiger partial charge in [-0.15, -0.1) is 0 Å². The average molecular weight is 279 g/mol. The number of benzene rings is 1. The third-order valence-corrected chi connectivity index (χ3v) is 4.45. The molecule has 0 heterocycles. The second-order valence-electron chi connectivity index (χ2n) is 3.85. The van der Waals surface area contributed by atoms with Gasteiger partial charge in [0.1, 0.15) is 4.90 Å². The first kappa shape index (κ1) is 11.9. The van der Waals surface area contributed by atoms with E-state index in [1.54, 1.807) is 6.92 Å². The van der Waals surface area contributed by atoms with Crippen molar-refractivity contribution >= 4 is 37.1 Å². The second-order valence-corrected chi connectivity index (χ2v) is 6.79. The van der Waals surface area contributed by atoms with E-state index >= 15 is 0 Å². The zero-order chi connectivity index (χ0) is 12.1. The van der Waals surface area contributed by atoms with Crippen molar-refractivity contribution in [3.05, 3.63) is 28.3 Å². The topological polar surface area (TPSA) is 51.2 Å². The summed E-state index contributed by atoms with van der Waals surface area (Å²) in [5.74, 6) is -0.187. The van der Waals surface area contributed by atoms with Crippen LogP contribution in [-0.2, 0) is 15.5 Å². The van der Waals surface area contributed by atoms with Gasteiger partial charge in [-0.1, -0.05) is 18.5 Å². The summed E-state index contributed by atoms with van der Waals surface area (Å²) >= 11 is 5.81. The maximum Gasteiger partial charge on any atom is 0.262 e. The van der Waals surface area contributed by atoms with E-state index in [4.69, 9.17) is 22.3 Å². The minimum atomic E-state index is -3.91. The molecule has 0 aromatic heterocycles. The lowest BCUT2D eigenvalue weighted by molar-refractivity contribution is 0.0946. The van der Waals surface area contributed by atoms with Crippen molar-refractivity contribution in [1.29, 1.82) is 0 Å². The lowest BCUT2D eigenvalue weighted by Crippen LogP contribution is -2.03. The maximum absolute atomic E-state index is 11.7. The van der Waals surface area contributed by atoms with Crippen molar-refractivity contribution in [1.82, 2.24) is 0 Å². The predicted molar refractivity (Wildman–Crippen MR) is 61.7 cm³/mol. The fraction of sp³-hybridized carbons (Fsp3) is 0.300. The van der Waals surface area contributed by atoms with Crippen LogP contribution in [0.5, 0.6) is 0 Å². The third-order valence-electron chi connectivity index (χ3n) is 2.66. The standard InChI is InChI=1S/C10H8Cl2O3S/c1-5-2-6-3-8(11)9(16(12,14)15)4-7(6)10(5)13/h3-5H,2H2,1H3. The molecule has 0 amide bonds. The molecule has 0 aliphatic heterocycles. The van der Waals surface area contributed by atoms with Crippen LogP contribution < -0.4 is 0 Å². The summed E-state index contributed by atoms with van der Waals surface area (Å²) in [7, 11) is 1.32. The monoisotopic (exact) mass is 278 g/mol. The van der Waals surface area contributed by atoms with Gasteiger partial charge in [0.15, 0.2) is 5.78 Å². The zero-order valence-corrected chi connectivity index (χ0v) is 10.7. The fourth-order valence-corrected chi connectivity index (χ4v) is 3.41. The van der Waals surface area contributed by atoms with Gasteiger partial charge in [-0.05, 0) is 24.1 Å². The van der Waals surface area contributed by atoms with E-state index in [-0.39, 0.29) is 21.6 Å². The van der Waals surface area contributed by atoms with Crippen LogP contribution in [0.25, 0.3) is 0 Å². The number of ketones is 1. The summed E-state index contributed by atoms with van der Waals surface area (Å²) in [6.07, 6.45) is 0.594. The summed E-state index contributed by atoms with van der Waals surface area (Å²) < 4.78 is 22.4. The Kier molecular flexibility index (Phi) is 2.77. The molecule has 1 aliphatic carbocycles. The molecule has 3 nitrogen and oxygen atoms in total. The van der Waals surface area contributed by atoms with Gasteiger partial charge < -0.3 is 0 Å². The van der Waals surface area contributed by atoms with Crippen LogP contribution in [-0.4, -0.2) is 14.2 Å². The van der Waals surface area contributed by atoms with Gasteiger partial charge in [-0.2, -0.15) is 0 Å². The Labute approximate surface area is 103 Å². The molecule has 1 unspecified atom stereocenters. The van der Waals surface area contributed by atoms with E-state index in [9.17, 15) is 13.2 Å². The highest BCUT2D eigenvalue weighted by Gasteiger charge is 2.30. The molecule has 1 aromatic rings. The molecule has 0 fully saturated rings. The first-order chi connectivity index (χ1) is 7.30. The lowest BCUT2D eigenvalue weighted by atomic mass is 10.1. The van der Waals surface area contributed by atoms with Gasteiger partial charge in [-0.25, -0.2) is 8.42 Å². The van der Waals surface area contributed by atoms with Gasteiger partial charge >= 0.3 is 0 Å². The summed E-state index contributed by atoms with van der Waals surface area (Å²) in [5.41, 5.74) is 1.20. The van der Waals surface area contributed by atoms with Crippen LogP contribution in [0.1, 0.15) is 22.8 Å². The highest BCUT2D eigenvalue weighted by atomic mass is 35.7. The molecule has 2 rings (SSSR count). The zero-order valence-electron chi connectivity index (χ0n) is 8.33. The van der Waals surface area contributed by atoms with Gasteiger partial charge in [0.2, 0.25) is 0 Å². The third kappa shape index (κ3) is 1.85.